The lowest BCUT2D eigenvalue weighted by Crippen LogP contribution is -2.43. The Morgan fingerprint density at radius 3 is 2.76 bits per heavy atom. The number of benzene rings is 1. The maximum absolute atomic E-state index is 12.4. The number of pyridine rings is 1. The number of aryl methyl sites for hydroxylation is 1. The van der Waals surface area contributed by atoms with E-state index in [1.807, 2.05) is 30.5 Å². The van der Waals surface area contributed by atoms with Gasteiger partial charge in [0.25, 0.3) is 5.91 Å². The number of H-pyrrole nitrogens is 1. The van der Waals surface area contributed by atoms with Crippen molar-refractivity contribution in [1.82, 2.24) is 15.3 Å². The molecule has 128 valence electrons. The molecule has 1 atom stereocenters. The summed E-state index contributed by atoms with van der Waals surface area (Å²) in [5.41, 5.74) is 2.92. The first-order valence-corrected chi connectivity index (χ1v) is 7.96. The van der Waals surface area contributed by atoms with Crippen molar-refractivity contribution < 1.29 is 14.3 Å². The number of aromatic nitrogens is 2. The van der Waals surface area contributed by atoms with Gasteiger partial charge in [-0.3, -0.25) is 4.79 Å². The Balaban J connectivity index is 1.83. The predicted molar refractivity (Wildman–Crippen MR) is 94.2 cm³/mol. The SMILES string of the molecule is COC(=O)[C@H](Cc1c[nH]c2ccccc12)NC(=O)c1cccc(C)n1. The number of carbonyl (C=O) groups excluding carboxylic acids is 2. The van der Waals surface area contributed by atoms with E-state index in [0.29, 0.717) is 6.42 Å². The zero-order valence-corrected chi connectivity index (χ0v) is 14.1. The number of esters is 1. The maximum Gasteiger partial charge on any atom is 0.328 e. The van der Waals surface area contributed by atoms with Crippen LogP contribution in [0.1, 0.15) is 21.7 Å². The lowest BCUT2D eigenvalue weighted by molar-refractivity contribution is -0.142. The Kier molecular flexibility index (Phi) is 4.79. The molecule has 25 heavy (non-hydrogen) atoms. The molecule has 0 bridgehead atoms. The van der Waals surface area contributed by atoms with Crippen LogP contribution in [-0.4, -0.2) is 35.0 Å². The molecule has 2 heterocycles. The summed E-state index contributed by atoms with van der Waals surface area (Å²) in [6, 6.07) is 12.2. The number of amides is 1. The highest BCUT2D eigenvalue weighted by Gasteiger charge is 2.24. The molecule has 0 radical (unpaired) electrons. The molecule has 0 saturated carbocycles. The van der Waals surface area contributed by atoms with E-state index in [9.17, 15) is 9.59 Å². The molecule has 2 N–H and O–H groups in total. The van der Waals surface area contributed by atoms with Crippen LogP contribution < -0.4 is 5.32 Å². The normalized spacial score (nSPS) is 11.9. The minimum absolute atomic E-state index is 0.271. The first-order valence-electron chi connectivity index (χ1n) is 7.96. The van der Waals surface area contributed by atoms with E-state index >= 15 is 0 Å². The van der Waals surface area contributed by atoms with E-state index in [1.54, 1.807) is 25.1 Å². The van der Waals surface area contributed by atoms with E-state index in [2.05, 4.69) is 15.3 Å². The quantitative estimate of drug-likeness (QED) is 0.700. The molecule has 0 aliphatic heterocycles. The molecule has 0 fully saturated rings. The molecule has 0 saturated heterocycles. The topological polar surface area (TPSA) is 84.1 Å². The first kappa shape index (κ1) is 16.7. The molecule has 0 aliphatic rings. The minimum atomic E-state index is -0.793. The Morgan fingerprint density at radius 2 is 2.00 bits per heavy atom. The third-order valence-electron chi connectivity index (χ3n) is 4.01. The average Bonchev–Trinajstić information content (AvgIpc) is 3.03. The lowest BCUT2D eigenvalue weighted by Gasteiger charge is -2.16. The van der Waals surface area contributed by atoms with Crippen LogP contribution >= 0.6 is 0 Å². The van der Waals surface area contributed by atoms with Gasteiger partial charge < -0.3 is 15.0 Å². The Bertz CT molecular complexity index is 917. The van der Waals surface area contributed by atoms with Crippen molar-refractivity contribution in [3.63, 3.8) is 0 Å². The van der Waals surface area contributed by atoms with Crippen LogP contribution in [0.5, 0.6) is 0 Å². The second-order valence-corrected chi connectivity index (χ2v) is 5.78. The molecule has 2 aromatic heterocycles. The molecular formula is C19H19N3O3. The molecule has 0 aliphatic carbocycles. The van der Waals surface area contributed by atoms with Gasteiger partial charge in [0.1, 0.15) is 11.7 Å². The second kappa shape index (κ2) is 7.17. The largest absolute Gasteiger partial charge is 0.467 e. The standard InChI is InChI=1S/C19H19N3O3/c1-12-6-5-9-16(21-12)18(23)22-17(19(24)25-2)10-13-11-20-15-8-4-3-7-14(13)15/h3-9,11,17,20H,10H2,1-2H3,(H,22,23)/t17-/m0/s1. The van der Waals surface area contributed by atoms with E-state index in [1.165, 1.54) is 7.11 Å². The summed E-state index contributed by atoms with van der Waals surface area (Å²) in [5, 5.41) is 3.74. The van der Waals surface area contributed by atoms with E-state index in [-0.39, 0.29) is 5.69 Å². The molecule has 1 aromatic carbocycles. The number of hydrogen-bond donors (Lipinski definition) is 2. The summed E-state index contributed by atoms with van der Waals surface area (Å²) in [4.78, 5) is 31.9. The Morgan fingerprint density at radius 1 is 1.20 bits per heavy atom. The van der Waals surface area contributed by atoms with Crippen molar-refractivity contribution in [2.75, 3.05) is 7.11 Å². The van der Waals surface area contributed by atoms with Crippen LogP contribution in [0.2, 0.25) is 0 Å². The van der Waals surface area contributed by atoms with Gasteiger partial charge in [0.05, 0.1) is 7.11 Å². The summed E-state index contributed by atoms with van der Waals surface area (Å²) in [5.74, 6) is -0.898. The predicted octanol–water partition coefficient (Wildman–Crippen LogP) is 2.39. The van der Waals surface area contributed by atoms with Crippen molar-refractivity contribution in [1.29, 1.82) is 0 Å². The third-order valence-corrected chi connectivity index (χ3v) is 4.01. The number of nitrogens with one attached hydrogen (secondary N) is 2. The van der Waals surface area contributed by atoms with Crippen molar-refractivity contribution in [3.05, 3.63) is 65.6 Å². The van der Waals surface area contributed by atoms with Gasteiger partial charge in [-0.05, 0) is 30.7 Å². The molecule has 0 spiro atoms. The van der Waals surface area contributed by atoms with Gasteiger partial charge in [-0.2, -0.15) is 0 Å². The number of fused-ring (bicyclic) bond motifs is 1. The number of aromatic amines is 1. The smallest absolute Gasteiger partial charge is 0.328 e. The number of methoxy groups -OCH3 is 1. The fraction of sp³-hybridized carbons (Fsp3) is 0.211. The highest BCUT2D eigenvalue weighted by molar-refractivity contribution is 5.95. The Labute approximate surface area is 145 Å². The first-order chi connectivity index (χ1) is 12.1. The summed E-state index contributed by atoms with van der Waals surface area (Å²) >= 11 is 0. The molecule has 6 nitrogen and oxygen atoms in total. The van der Waals surface area contributed by atoms with Gasteiger partial charge in [-0.15, -0.1) is 0 Å². The minimum Gasteiger partial charge on any atom is -0.467 e. The zero-order valence-electron chi connectivity index (χ0n) is 14.1. The maximum atomic E-state index is 12.4. The number of hydrogen-bond acceptors (Lipinski definition) is 4. The summed E-state index contributed by atoms with van der Waals surface area (Å²) in [6.45, 7) is 1.81. The van der Waals surface area contributed by atoms with Gasteiger partial charge in [0.2, 0.25) is 0 Å². The van der Waals surface area contributed by atoms with Crippen LogP contribution in [0, 0.1) is 6.92 Å². The number of carbonyl (C=O) groups is 2. The highest BCUT2D eigenvalue weighted by Crippen LogP contribution is 2.19. The van der Waals surface area contributed by atoms with Crippen LogP contribution in [-0.2, 0) is 16.0 Å². The monoisotopic (exact) mass is 337 g/mol. The molecule has 1 amide bonds. The van der Waals surface area contributed by atoms with Crippen molar-refractivity contribution in [3.8, 4) is 0 Å². The van der Waals surface area contributed by atoms with E-state index < -0.39 is 17.9 Å². The van der Waals surface area contributed by atoms with Crippen molar-refractivity contribution in [2.45, 2.75) is 19.4 Å². The van der Waals surface area contributed by atoms with Crippen LogP contribution in [0.4, 0.5) is 0 Å². The van der Waals surface area contributed by atoms with Crippen LogP contribution in [0.15, 0.2) is 48.7 Å². The highest BCUT2D eigenvalue weighted by atomic mass is 16.5. The van der Waals surface area contributed by atoms with Gasteiger partial charge in [0, 0.05) is 29.2 Å². The number of nitrogens with zero attached hydrogens (tertiary/aromatic N) is 1. The van der Waals surface area contributed by atoms with Crippen molar-refractivity contribution in [2.24, 2.45) is 0 Å². The lowest BCUT2D eigenvalue weighted by atomic mass is 10.0. The molecule has 0 unspecified atom stereocenters. The third kappa shape index (κ3) is 3.68. The van der Waals surface area contributed by atoms with Crippen molar-refractivity contribution >= 4 is 22.8 Å². The zero-order chi connectivity index (χ0) is 17.8. The second-order valence-electron chi connectivity index (χ2n) is 5.78. The fourth-order valence-corrected chi connectivity index (χ4v) is 2.76. The van der Waals surface area contributed by atoms with Crippen LogP contribution in [0.25, 0.3) is 10.9 Å². The number of ether oxygens (including phenoxy) is 1. The molecule has 3 aromatic rings. The summed E-state index contributed by atoms with van der Waals surface area (Å²) in [6.07, 6.45) is 2.17. The van der Waals surface area contributed by atoms with Gasteiger partial charge in [0.15, 0.2) is 0 Å². The number of rotatable bonds is 5. The molecule has 3 rings (SSSR count). The average molecular weight is 337 g/mol. The summed E-state index contributed by atoms with van der Waals surface area (Å²) in [7, 11) is 1.31. The molecule has 6 heteroatoms. The van der Waals surface area contributed by atoms with Crippen LogP contribution in [0.3, 0.4) is 0 Å². The summed E-state index contributed by atoms with van der Waals surface area (Å²) < 4.78 is 4.85. The van der Waals surface area contributed by atoms with Gasteiger partial charge in [-0.1, -0.05) is 24.3 Å². The van der Waals surface area contributed by atoms with Gasteiger partial charge >= 0.3 is 5.97 Å². The number of para-hydroxylation sites is 1. The van der Waals surface area contributed by atoms with E-state index in [4.69, 9.17) is 4.74 Å². The fourth-order valence-electron chi connectivity index (χ4n) is 2.76. The van der Waals surface area contributed by atoms with E-state index in [0.717, 1.165) is 22.2 Å². The van der Waals surface area contributed by atoms with Gasteiger partial charge in [-0.25, -0.2) is 9.78 Å². The Hall–Kier alpha value is -3.15. The molecular weight excluding hydrogens is 318 g/mol.